The molecule has 9 heteroatoms. The number of hydrazone groups is 1. The Kier molecular flexibility index (Phi) is 9.78. The fourth-order valence-corrected chi connectivity index (χ4v) is 2.82. The summed E-state index contributed by atoms with van der Waals surface area (Å²) in [6, 6.07) is 6.52. The molecule has 0 radical (unpaired) electrons. The van der Waals surface area contributed by atoms with Crippen LogP contribution in [-0.2, 0) is 19.1 Å². The van der Waals surface area contributed by atoms with Crippen LogP contribution in [-0.4, -0.2) is 49.0 Å². The maximum Gasteiger partial charge on any atom is 0.351 e. The van der Waals surface area contributed by atoms with Gasteiger partial charge in [0.15, 0.2) is 5.78 Å². The zero-order chi connectivity index (χ0) is 19.7. The van der Waals surface area contributed by atoms with Crippen LogP contribution in [0.15, 0.2) is 29.4 Å². The second-order valence-electron chi connectivity index (χ2n) is 6.47. The molecule has 1 aliphatic heterocycles. The molecule has 1 aliphatic rings. The van der Waals surface area contributed by atoms with Gasteiger partial charge in [-0.15, -0.1) is 12.4 Å². The van der Waals surface area contributed by atoms with Gasteiger partial charge in [0, 0.05) is 12.8 Å². The number of halogens is 1. The third-order valence-electron chi connectivity index (χ3n) is 4.41. The van der Waals surface area contributed by atoms with E-state index in [1.165, 1.54) is 13.1 Å². The van der Waals surface area contributed by atoms with E-state index in [0.29, 0.717) is 19.1 Å². The molecule has 0 saturated carbocycles. The lowest BCUT2D eigenvalue weighted by atomic mass is 9.95. The second kappa shape index (κ2) is 11.5. The van der Waals surface area contributed by atoms with Crippen molar-refractivity contribution in [1.82, 2.24) is 5.32 Å². The van der Waals surface area contributed by atoms with Gasteiger partial charge in [0.2, 0.25) is 5.60 Å². The van der Waals surface area contributed by atoms with Gasteiger partial charge in [0.1, 0.15) is 12.0 Å². The van der Waals surface area contributed by atoms with Crippen molar-refractivity contribution in [3.63, 3.8) is 0 Å². The monoisotopic (exact) mass is 411 g/mol. The highest BCUT2D eigenvalue weighted by molar-refractivity contribution is 6.07. The van der Waals surface area contributed by atoms with Crippen LogP contribution >= 0.6 is 12.4 Å². The number of hydrogen-bond donors (Lipinski definition) is 2. The molecule has 0 bridgehead atoms. The molecule has 1 unspecified atom stereocenters. The highest BCUT2D eigenvalue weighted by Gasteiger charge is 2.45. The second-order valence-corrected chi connectivity index (χ2v) is 6.47. The normalized spacial score (nSPS) is 16.8. The minimum atomic E-state index is -1.76. The molecule has 0 aromatic heterocycles. The first kappa shape index (κ1) is 23.7. The fourth-order valence-electron chi connectivity index (χ4n) is 2.82. The Labute approximate surface area is 170 Å². The number of ether oxygens (including phenoxy) is 2. The largest absolute Gasteiger partial charge is 0.424 e. The highest BCUT2D eigenvalue weighted by atomic mass is 35.5. The SMILES string of the molecule is CC(OC1CCNCC1)(C(=O)CCC=O)C(=O)Oc1ccc(C=NN)cc1.Cl. The van der Waals surface area contributed by atoms with Crippen molar-refractivity contribution >= 4 is 36.7 Å². The molecule has 1 saturated heterocycles. The van der Waals surface area contributed by atoms with Gasteiger partial charge < -0.3 is 25.4 Å². The van der Waals surface area contributed by atoms with E-state index in [2.05, 4.69) is 10.4 Å². The van der Waals surface area contributed by atoms with Gasteiger partial charge in [0.25, 0.3) is 0 Å². The number of hydrogen-bond acceptors (Lipinski definition) is 8. The number of esters is 1. The van der Waals surface area contributed by atoms with Gasteiger partial charge in [-0.05, 0) is 62.7 Å². The van der Waals surface area contributed by atoms with Crippen molar-refractivity contribution in [2.24, 2.45) is 10.9 Å². The van der Waals surface area contributed by atoms with E-state index in [-0.39, 0.29) is 37.1 Å². The van der Waals surface area contributed by atoms with Crippen LogP contribution < -0.4 is 15.9 Å². The van der Waals surface area contributed by atoms with E-state index in [0.717, 1.165) is 18.7 Å². The van der Waals surface area contributed by atoms with Gasteiger partial charge >= 0.3 is 5.97 Å². The van der Waals surface area contributed by atoms with E-state index in [1.807, 2.05) is 0 Å². The predicted octanol–water partition coefficient (Wildman–Crippen LogP) is 1.38. The molecule has 0 spiro atoms. The topological polar surface area (TPSA) is 120 Å². The number of carbonyl (C=O) groups is 3. The number of nitrogens with one attached hydrogen (secondary N) is 1. The summed E-state index contributed by atoms with van der Waals surface area (Å²) in [5, 5.41) is 6.62. The first-order valence-corrected chi connectivity index (χ1v) is 8.90. The van der Waals surface area contributed by atoms with Crippen molar-refractivity contribution in [1.29, 1.82) is 0 Å². The van der Waals surface area contributed by atoms with Gasteiger partial charge in [-0.2, -0.15) is 5.10 Å². The van der Waals surface area contributed by atoms with E-state index in [9.17, 15) is 14.4 Å². The molecule has 1 heterocycles. The van der Waals surface area contributed by atoms with Crippen LogP contribution in [0.3, 0.4) is 0 Å². The number of nitrogens with zero attached hydrogens (tertiary/aromatic N) is 1. The van der Waals surface area contributed by atoms with Gasteiger partial charge in [0.05, 0.1) is 12.3 Å². The predicted molar refractivity (Wildman–Crippen MR) is 107 cm³/mol. The van der Waals surface area contributed by atoms with E-state index in [4.69, 9.17) is 15.3 Å². The third kappa shape index (κ3) is 6.40. The maximum absolute atomic E-state index is 12.8. The summed E-state index contributed by atoms with van der Waals surface area (Å²) in [6.45, 7) is 2.92. The summed E-state index contributed by atoms with van der Waals surface area (Å²) >= 11 is 0. The Hall–Kier alpha value is -2.29. The Bertz CT molecular complexity index is 689. The molecule has 1 aromatic rings. The maximum atomic E-state index is 12.8. The molecule has 3 N–H and O–H groups in total. The van der Waals surface area contributed by atoms with Crippen LogP contribution in [0.2, 0.25) is 0 Å². The molecular formula is C19H26ClN3O5. The zero-order valence-corrected chi connectivity index (χ0v) is 16.6. The average molecular weight is 412 g/mol. The van der Waals surface area contributed by atoms with Gasteiger partial charge in [-0.25, -0.2) is 4.79 Å². The van der Waals surface area contributed by atoms with Crippen molar-refractivity contribution in [3.05, 3.63) is 29.8 Å². The molecule has 154 valence electrons. The Balaban J connectivity index is 0.00000392. The summed E-state index contributed by atoms with van der Waals surface area (Å²) in [7, 11) is 0. The zero-order valence-electron chi connectivity index (χ0n) is 15.8. The molecule has 0 aliphatic carbocycles. The summed E-state index contributed by atoms with van der Waals surface area (Å²) < 4.78 is 11.3. The van der Waals surface area contributed by atoms with Gasteiger partial charge in [-0.1, -0.05) is 0 Å². The van der Waals surface area contributed by atoms with Crippen LogP contribution in [0.5, 0.6) is 5.75 Å². The number of Topliss-reactive ketones (excluding diaryl/α,β-unsaturated/α-hetero) is 1. The van der Waals surface area contributed by atoms with Crippen molar-refractivity contribution < 1.29 is 23.9 Å². The van der Waals surface area contributed by atoms with Crippen LogP contribution in [0.4, 0.5) is 0 Å². The molecule has 2 rings (SSSR count). The standard InChI is InChI=1S/C19H25N3O5.ClH/c1-19(17(24)3-2-12-23,27-16-8-10-21-11-9-16)18(25)26-15-6-4-14(5-7-15)13-22-20;/h4-7,12-13,16,21H,2-3,8-11,20H2,1H3;1H. The summed E-state index contributed by atoms with van der Waals surface area (Å²) in [5.41, 5.74) is -1.02. The van der Waals surface area contributed by atoms with E-state index in [1.54, 1.807) is 24.3 Å². The van der Waals surface area contributed by atoms with Gasteiger partial charge in [-0.3, -0.25) is 4.79 Å². The number of rotatable bonds is 9. The van der Waals surface area contributed by atoms with E-state index >= 15 is 0 Å². The molecule has 1 fully saturated rings. The number of carbonyl (C=O) groups excluding carboxylic acids is 3. The lowest BCUT2D eigenvalue weighted by Gasteiger charge is -2.33. The smallest absolute Gasteiger partial charge is 0.351 e. The number of ketones is 1. The average Bonchev–Trinajstić information content (AvgIpc) is 2.68. The number of aldehydes is 1. The van der Waals surface area contributed by atoms with E-state index < -0.39 is 17.4 Å². The van der Waals surface area contributed by atoms with Crippen LogP contribution in [0.25, 0.3) is 0 Å². The lowest BCUT2D eigenvalue weighted by molar-refractivity contribution is -0.176. The molecule has 1 aromatic carbocycles. The third-order valence-corrected chi connectivity index (χ3v) is 4.41. The summed E-state index contributed by atoms with van der Waals surface area (Å²) in [5.74, 6) is 4.11. The van der Waals surface area contributed by atoms with Crippen molar-refractivity contribution in [2.45, 2.75) is 44.3 Å². The lowest BCUT2D eigenvalue weighted by Crippen LogP contribution is -2.52. The quantitative estimate of drug-likeness (QED) is 0.120. The summed E-state index contributed by atoms with van der Waals surface area (Å²) in [6.07, 6.45) is 3.21. The Morgan fingerprint density at radius 3 is 2.50 bits per heavy atom. The number of nitrogens with two attached hydrogens (primary N) is 1. The first-order valence-electron chi connectivity index (χ1n) is 8.90. The Morgan fingerprint density at radius 2 is 1.93 bits per heavy atom. The van der Waals surface area contributed by atoms with Crippen LogP contribution in [0.1, 0.15) is 38.2 Å². The van der Waals surface area contributed by atoms with Crippen molar-refractivity contribution in [3.8, 4) is 5.75 Å². The van der Waals surface area contributed by atoms with Crippen molar-refractivity contribution in [2.75, 3.05) is 13.1 Å². The first-order chi connectivity index (χ1) is 13.0. The molecule has 1 atom stereocenters. The van der Waals surface area contributed by atoms with Crippen LogP contribution in [0, 0.1) is 0 Å². The fraction of sp³-hybridized carbons (Fsp3) is 0.474. The number of benzene rings is 1. The minimum Gasteiger partial charge on any atom is -0.424 e. The molecular weight excluding hydrogens is 386 g/mol. The minimum absolute atomic E-state index is 0. The number of piperidine rings is 1. The molecule has 8 nitrogen and oxygen atoms in total. The summed E-state index contributed by atoms with van der Waals surface area (Å²) in [4.78, 5) is 36.1. The Morgan fingerprint density at radius 1 is 1.29 bits per heavy atom. The molecule has 28 heavy (non-hydrogen) atoms. The molecule has 0 amide bonds. The highest BCUT2D eigenvalue weighted by Crippen LogP contribution is 2.24.